The number of ketones is 1. The Bertz CT molecular complexity index is 1050. The summed E-state index contributed by atoms with van der Waals surface area (Å²) in [5, 5.41) is 10.5. The average Bonchev–Trinajstić information content (AvgIpc) is 3.09. The van der Waals surface area contributed by atoms with Crippen molar-refractivity contribution in [1.29, 1.82) is 0 Å². The van der Waals surface area contributed by atoms with Gasteiger partial charge in [0.15, 0.2) is 5.78 Å². The van der Waals surface area contributed by atoms with E-state index < -0.39 is 0 Å². The molecule has 0 aliphatic heterocycles. The highest BCUT2D eigenvalue weighted by atomic mass is 16.3. The average molecular weight is 332 g/mol. The molecular weight excluding hydrogens is 316 g/mol. The number of hydrogen-bond acceptors (Lipinski definition) is 4. The maximum absolute atomic E-state index is 11.9. The van der Waals surface area contributed by atoms with Crippen molar-refractivity contribution in [3.05, 3.63) is 77.7 Å². The summed E-state index contributed by atoms with van der Waals surface area (Å²) in [5.41, 5.74) is 7.91. The van der Waals surface area contributed by atoms with Crippen LogP contribution in [0.15, 0.2) is 66.4 Å². The van der Waals surface area contributed by atoms with Crippen LogP contribution < -0.4 is 5.73 Å². The number of hydrogen-bond donors (Lipinski definition) is 2. The Morgan fingerprint density at radius 3 is 2.68 bits per heavy atom. The number of benzene rings is 1. The minimum atomic E-state index is -0.125. The van der Waals surface area contributed by atoms with Crippen LogP contribution in [0.5, 0.6) is 5.88 Å². The number of imidazole rings is 2. The Morgan fingerprint density at radius 2 is 1.92 bits per heavy atom. The van der Waals surface area contributed by atoms with Gasteiger partial charge in [0.25, 0.3) is 0 Å². The predicted octanol–water partition coefficient (Wildman–Crippen LogP) is 2.55. The van der Waals surface area contributed by atoms with E-state index in [1.807, 2.05) is 34.9 Å². The molecule has 124 valence electrons. The Kier molecular flexibility index (Phi) is 3.50. The van der Waals surface area contributed by atoms with Crippen molar-refractivity contribution in [2.45, 2.75) is 6.54 Å². The van der Waals surface area contributed by atoms with Crippen LogP contribution in [0.2, 0.25) is 0 Å². The molecule has 3 aromatic rings. The molecule has 0 unspecified atom stereocenters. The van der Waals surface area contributed by atoms with Crippen molar-refractivity contribution in [1.82, 2.24) is 14.0 Å². The van der Waals surface area contributed by atoms with E-state index in [0.717, 1.165) is 5.56 Å². The molecule has 4 rings (SSSR count). The lowest BCUT2D eigenvalue weighted by Gasteiger charge is -2.02. The molecule has 0 radical (unpaired) electrons. The van der Waals surface area contributed by atoms with Gasteiger partial charge in [0.2, 0.25) is 11.7 Å². The number of carbonyl (C=O) groups excluding carboxylic acids is 1. The number of allylic oxidation sites excluding steroid dienone is 5. The molecule has 25 heavy (non-hydrogen) atoms. The number of aromatic nitrogens is 3. The molecule has 6 heteroatoms. The summed E-state index contributed by atoms with van der Waals surface area (Å²) in [6.45, 7) is 0.579. The normalized spacial score (nSPS) is 15.5. The lowest BCUT2D eigenvalue weighted by atomic mass is 10.1. The lowest BCUT2D eigenvalue weighted by Crippen LogP contribution is -1.99. The first-order chi connectivity index (χ1) is 12.1. The van der Waals surface area contributed by atoms with Gasteiger partial charge in [-0.25, -0.2) is 9.38 Å². The van der Waals surface area contributed by atoms with E-state index in [9.17, 15) is 9.90 Å². The summed E-state index contributed by atoms with van der Waals surface area (Å²) in [7, 11) is 0. The summed E-state index contributed by atoms with van der Waals surface area (Å²) < 4.78 is 3.34. The molecule has 2 heterocycles. The SMILES string of the molecule is Nc1cn(Cc2ccccc2)c2nc(/C=C3\C=CC=CC3=O)c(O)n12. The molecule has 0 saturated carbocycles. The first-order valence-electron chi connectivity index (χ1n) is 7.84. The fraction of sp³-hybridized carbons (Fsp3) is 0.0526. The summed E-state index contributed by atoms with van der Waals surface area (Å²) in [6.07, 6.45) is 9.91. The molecule has 0 bridgehead atoms. The predicted molar refractivity (Wildman–Crippen MR) is 96.1 cm³/mol. The van der Waals surface area contributed by atoms with E-state index in [0.29, 0.717) is 29.4 Å². The Balaban J connectivity index is 1.78. The van der Waals surface area contributed by atoms with Crippen molar-refractivity contribution in [3.63, 3.8) is 0 Å². The van der Waals surface area contributed by atoms with Gasteiger partial charge in [-0.05, 0) is 17.7 Å². The van der Waals surface area contributed by atoms with Gasteiger partial charge in [-0.15, -0.1) is 0 Å². The second-order valence-corrected chi connectivity index (χ2v) is 5.81. The van der Waals surface area contributed by atoms with Crippen LogP contribution in [0.1, 0.15) is 11.3 Å². The standard InChI is InChI=1S/C19H16N4O2/c20-17-12-22(11-13-6-2-1-3-7-13)19-21-15(18(25)23(17)19)10-14-8-4-5-9-16(14)24/h1-10,12,25H,11,20H2/b14-10+. The van der Waals surface area contributed by atoms with Crippen LogP contribution in [-0.4, -0.2) is 24.8 Å². The monoisotopic (exact) mass is 332 g/mol. The summed E-state index contributed by atoms with van der Waals surface area (Å²) >= 11 is 0. The maximum Gasteiger partial charge on any atom is 0.226 e. The van der Waals surface area contributed by atoms with Crippen molar-refractivity contribution >= 4 is 23.5 Å². The van der Waals surface area contributed by atoms with Gasteiger partial charge in [0.1, 0.15) is 11.5 Å². The van der Waals surface area contributed by atoms with Crippen LogP contribution in [-0.2, 0) is 11.3 Å². The third-order valence-corrected chi connectivity index (χ3v) is 4.07. The molecule has 3 N–H and O–H groups in total. The van der Waals surface area contributed by atoms with E-state index in [4.69, 9.17) is 5.73 Å². The quantitative estimate of drug-likeness (QED) is 0.722. The van der Waals surface area contributed by atoms with E-state index in [2.05, 4.69) is 4.98 Å². The Morgan fingerprint density at radius 1 is 1.16 bits per heavy atom. The zero-order valence-corrected chi connectivity index (χ0v) is 13.3. The highest BCUT2D eigenvalue weighted by Gasteiger charge is 2.18. The molecule has 1 aromatic carbocycles. The largest absolute Gasteiger partial charge is 0.493 e. The number of nitrogens with zero attached hydrogens (tertiary/aromatic N) is 3. The second-order valence-electron chi connectivity index (χ2n) is 5.81. The first-order valence-corrected chi connectivity index (χ1v) is 7.84. The van der Waals surface area contributed by atoms with Gasteiger partial charge >= 0.3 is 0 Å². The molecule has 6 nitrogen and oxygen atoms in total. The Hall–Kier alpha value is -3.54. The van der Waals surface area contributed by atoms with Crippen LogP contribution >= 0.6 is 0 Å². The van der Waals surface area contributed by atoms with Gasteiger partial charge < -0.3 is 15.4 Å². The first kappa shape index (κ1) is 15.0. The van der Waals surface area contributed by atoms with E-state index in [1.165, 1.54) is 10.5 Å². The maximum atomic E-state index is 11.9. The molecule has 0 saturated heterocycles. The fourth-order valence-electron chi connectivity index (χ4n) is 2.86. The van der Waals surface area contributed by atoms with E-state index in [-0.39, 0.29) is 11.7 Å². The van der Waals surface area contributed by atoms with Gasteiger partial charge in [0.05, 0.1) is 6.54 Å². The molecule has 0 spiro atoms. The van der Waals surface area contributed by atoms with E-state index in [1.54, 1.807) is 30.5 Å². The molecule has 0 fully saturated rings. The fourth-order valence-corrected chi connectivity index (χ4v) is 2.86. The van der Waals surface area contributed by atoms with Gasteiger partial charge in [0, 0.05) is 11.8 Å². The number of nitrogens with two attached hydrogens (primary N) is 1. The smallest absolute Gasteiger partial charge is 0.226 e. The summed E-state index contributed by atoms with van der Waals surface area (Å²) in [6, 6.07) is 9.91. The molecule has 1 aliphatic rings. The molecule has 0 amide bonds. The van der Waals surface area contributed by atoms with Crippen LogP contribution in [0.4, 0.5) is 5.82 Å². The minimum Gasteiger partial charge on any atom is -0.493 e. The minimum absolute atomic E-state index is 0.0810. The summed E-state index contributed by atoms with van der Waals surface area (Å²) in [5.74, 6) is 0.696. The number of aromatic hydroxyl groups is 1. The van der Waals surface area contributed by atoms with Crippen LogP contribution in [0.25, 0.3) is 11.9 Å². The van der Waals surface area contributed by atoms with Crippen molar-refractivity contribution in [2.75, 3.05) is 5.73 Å². The van der Waals surface area contributed by atoms with Crippen molar-refractivity contribution < 1.29 is 9.90 Å². The zero-order chi connectivity index (χ0) is 17.4. The third kappa shape index (κ3) is 2.63. The highest BCUT2D eigenvalue weighted by molar-refractivity contribution is 6.10. The molecule has 0 atom stereocenters. The van der Waals surface area contributed by atoms with Gasteiger partial charge in [-0.3, -0.25) is 4.79 Å². The number of nitrogen functional groups attached to an aromatic ring is 1. The van der Waals surface area contributed by atoms with Crippen LogP contribution in [0.3, 0.4) is 0 Å². The second kappa shape index (κ2) is 5.83. The highest BCUT2D eigenvalue weighted by Crippen LogP contribution is 2.27. The third-order valence-electron chi connectivity index (χ3n) is 4.07. The van der Waals surface area contributed by atoms with Crippen LogP contribution in [0, 0.1) is 0 Å². The number of rotatable bonds is 3. The van der Waals surface area contributed by atoms with Gasteiger partial charge in [-0.1, -0.05) is 48.6 Å². The van der Waals surface area contributed by atoms with E-state index >= 15 is 0 Å². The molecular formula is C19H16N4O2. The molecule has 1 aliphatic carbocycles. The van der Waals surface area contributed by atoms with Crippen molar-refractivity contribution in [2.24, 2.45) is 0 Å². The molecule has 2 aromatic heterocycles. The lowest BCUT2D eigenvalue weighted by molar-refractivity contribution is -0.111. The zero-order valence-electron chi connectivity index (χ0n) is 13.3. The summed E-state index contributed by atoms with van der Waals surface area (Å²) in [4.78, 5) is 16.4. The Labute approximate surface area is 143 Å². The van der Waals surface area contributed by atoms with Gasteiger partial charge in [-0.2, -0.15) is 0 Å². The topological polar surface area (TPSA) is 85.5 Å². The number of anilines is 1. The number of fused-ring (bicyclic) bond motifs is 1. The number of carbonyl (C=O) groups is 1. The van der Waals surface area contributed by atoms with Crippen molar-refractivity contribution in [3.8, 4) is 5.88 Å².